The summed E-state index contributed by atoms with van der Waals surface area (Å²) < 4.78 is 0. The molecule has 1 aliphatic rings. The van der Waals surface area contributed by atoms with Crippen LogP contribution in [0.2, 0.25) is 0 Å². The van der Waals surface area contributed by atoms with Gasteiger partial charge < -0.3 is 5.11 Å². The van der Waals surface area contributed by atoms with Gasteiger partial charge in [0.2, 0.25) is 0 Å². The SMILES string of the molecule is CC(C)N(CCO)CC1CCCc2ccccc21. The molecule has 2 nitrogen and oxygen atoms in total. The van der Waals surface area contributed by atoms with E-state index in [4.69, 9.17) is 5.11 Å². The molecular weight excluding hydrogens is 222 g/mol. The van der Waals surface area contributed by atoms with Crippen LogP contribution in [0, 0.1) is 0 Å². The van der Waals surface area contributed by atoms with Gasteiger partial charge in [0.15, 0.2) is 0 Å². The predicted molar refractivity (Wildman–Crippen MR) is 75.9 cm³/mol. The topological polar surface area (TPSA) is 23.5 Å². The van der Waals surface area contributed by atoms with Gasteiger partial charge in [-0.2, -0.15) is 0 Å². The van der Waals surface area contributed by atoms with Crippen molar-refractivity contribution in [2.75, 3.05) is 19.7 Å². The summed E-state index contributed by atoms with van der Waals surface area (Å²) in [5, 5.41) is 9.17. The van der Waals surface area contributed by atoms with Crippen LogP contribution in [0.15, 0.2) is 24.3 Å². The molecule has 0 aliphatic heterocycles. The van der Waals surface area contributed by atoms with E-state index in [2.05, 4.69) is 43.0 Å². The van der Waals surface area contributed by atoms with Crippen LogP contribution >= 0.6 is 0 Å². The molecule has 0 saturated carbocycles. The minimum atomic E-state index is 0.256. The van der Waals surface area contributed by atoms with Crippen molar-refractivity contribution in [3.8, 4) is 0 Å². The van der Waals surface area contributed by atoms with Gasteiger partial charge in [-0.25, -0.2) is 0 Å². The molecule has 1 unspecified atom stereocenters. The average Bonchev–Trinajstić information content (AvgIpc) is 2.38. The zero-order chi connectivity index (χ0) is 13.0. The third-order valence-corrected chi connectivity index (χ3v) is 4.07. The monoisotopic (exact) mass is 247 g/mol. The highest BCUT2D eigenvalue weighted by Crippen LogP contribution is 2.32. The van der Waals surface area contributed by atoms with E-state index in [-0.39, 0.29) is 6.61 Å². The maximum atomic E-state index is 9.17. The Morgan fingerprint density at radius 3 is 2.83 bits per heavy atom. The largest absolute Gasteiger partial charge is 0.395 e. The van der Waals surface area contributed by atoms with Gasteiger partial charge in [0, 0.05) is 19.1 Å². The summed E-state index contributed by atoms with van der Waals surface area (Å²) >= 11 is 0. The number of aryl methyl sites for hydroxylation is 1. The minimum absolute atomic E-state index is 0.256. The van der Waals surface area contributed by atoms with Crippen molar-refractivity contribution in [1.29, 1.82) is 0 Å². The Kier molecular flexibility index (Phi) is 4.79. The molecule has 0 saturated heterocycles. The van der Waals surface area contributed by atoms with Crippen molar-refractivity contribution in [3.05, 3.63) is 35.4 Å². The van der Waals surface area contributed by atoms with Gasteiger partial charge in [0.1, 0.15) is 0 Å². The highest BCUT2D eigenvalue weighted by Gasteiger charge is 2.22. The Morgan fingerprint density at radius 1 is 1.33 bits per heavy atom. The zero-order valence-electron chi connectivity index (χ0n) is 11.6. The van der Waals surface area contributed by atoms with E-state index >= 15 is 0 Å². The summed E-state index contributed by atoms with van der Waals surface area (Å²) in [6.07, 6.45) is 3.81. The lowest BCUT2D eigenvalue weighted by Gasteiger charge is -2.33. The van der Waals surface area contributed by atoms with Crippen LogP contribution in [0.1, 0.15) is 43.7 Å². The number of rotatable bonds is 5. The van der Waals surface area contributed by atoms with Crippen molar-refractivity contribution in [2.24, 2.45) is 0 Å². The summed E-state index contributed by atoms with van der Waals surface area (Å²) in [5.74, 6) is 0.642. The van der Waals surface area contributed by atoms with Crippen LogP contribution in [-0.2, 0) is 6.42 Å². The molecule has 0 spiro atoms. The molecule has 0 fully saturated rings. The normalized spacial score (nSPS) is 19.3. The lowest BCUT2D eigenvalue weighted by molar-refractivity contribution is 0.154. The lowest BCUT2D eigenvalue weighted by Crippen LogP contribution is -2.37. The summed E-state index contributed by atoms with van der Waals surface area (Å²) in [4.78, 5) is 2.40. The quantitative estimate of drug-likeness (QED) is 0.865. The zero-order valence-corrected chi connectivity index (χ0v) is 11.6. The van der Waals surface area contributed by atoms with Crippen LogP contribution in [0.4, 0.5) is 0 Å². The molecule has 100 valence electrons. The van der Waals surface area contributed by atoms with E-state index < -0.39 is 0 Å². The number of hydrogen-bond donors (Lipinski definition) is 1. The number of aliphatic hydroxyl groups is 1. The molecule has 18 heavy (non-hydrogen) atoms. The first kappa shape index (κ1) is 13.6. The van der Waals surface area contributed by atoms with Gasteiger partial charge >= 0.3 is 0 Å². The Labute approximate surface area is 111 Å². The third kappa shape index (κ3) is 3.12. The van der Waals surface area contributed by atoms with Crippen molar-refractivity contribution in [1.82, 2.24) is 4.90 Å². The molecule has 0 bridgehead atoms. The van der Waals surface area contributed by atoms with Crippen LogP contribution in [0.3, 0.4) is 0 Å². The van der Waals surface area contributed by atoms with Crippen molar-refractivity contribution < 1.29 is 5.11 Å². The van der Waals surface area contributed by atoms with Gasteiger partial charge in [0.05, 0.1) is 6.61 Å². The summed E-state index contributed by atoms with van der Waals surface area (Å²) in [6.45, 7) is 6.55. The highest BCUT2D eigenvalue weighted by atomic mass is 16.3. The molecule has 0 aromatic heterocycles. The molecule has 1 aromatic rings. The van der Waals surface area contributed by atoms with E-state index in [0.717, 1.165) is 13.1 Å². The number of hydrogen-bond acceptors (Lipinski definition) is 2. The second kappa shape index (κ2) is 6.35. The van der Waals surface area contributed by atoms with Crippen LogP contribution < -0.4 is 0 Å². The fraction of sp³-hybridized carbons (Fsp3) is 0.625. The molecular formula is C16H25NO. The number of nitrogens with zero attached hydrogens (tertiary/aromatic N) is 1. The molecule has 0 heterocycles. The Morgan fingerprint density at radius 2 is 2.11 bits per heavy atom. The number of fused-ring (bicyclic) bond motifs is 1. The molecule has 1 atom stereocenters. The molecule has 1 N–H and O–H groups in total. The van der Waals surface area contributed by atoms with E-state index in [1.165, 1.54) is 30.4 Å². The lowest BCUT2D eigenvalue weighted by atomic mass is 9.82. The Balaban J connectivity index is 2.10. The van der Waals surface area contributed by atoms with Crippen LogP contribution in [0.25, 0.3) is 0 Å². The number of aliphatic hydroxyl groups excluding tert-OH is 1. The van der Waals surface area contributed by atoms with Crippen molar-refractivity contribution in [2.45, 2.75) is 45.1 Å². The molecule has 0 radical (unpaired) electrons. The third-order valence-electron chi connectivity index (χ3n) is 4.07. The summed E-state index contributed by atoms with van der Waals surface area (Å²) in [5.41, 5.74) is 3.06. The fourth-order valence-electron chi connectivity index (χ4n) is 3.02. The van der Waals surface area contributed by atoms with Gasteiger partial charge in [-0.1, -0.05) is 24.3 Å². The number of benzene rings is 1. The molecule has 1 aliphatic carbocycles. The van der Waals surface area contributed by atoms with Gasteiger partial charge in [-0.05, 0) is 50.2 Å². The summed E-state index contributed by atoms with van der Waals surface area (Å²) in [7, 11) is 0. The van der Waals surface area contributed by atoms with Gasteiger partial charge in [-0.3, -0.25) is 4.90 Å². The average molecular weight is 247 g/mol. The highest BCUT2D eigenvalue weighted by molar-refractivity contribution is 5.32. The van der Waals surface area contributed by atoms with Crippen LogP contribution in [0.5, 0.6) is 0 Å². The Hall–Kier alpha value is -0.860. The second-order valence-corrected chi connectivity index (χ2v) is 5.60. The van der Waals surface area contributed by atoms with E-state index in [9.17, 15) is 0 Å². The smallest absolute Gasteiger partial charge is 0.0558 e. The first-order chi connectivity index (χ1) is 8.72. The standard InChI is InChI=1S/C16H25NO/c1-13(2)17(10-11-18)12-15-8-5-7-14-6-3-4-9-16(14)15/h3-4,6,9,13,15,18H,5,7-8,10-12H2,1-2H3. The van der Waals surface area contributed by atoms with Crippen molar-refractivity contribution >= 4 is 0 Å². The van der Waals surface area contributed by atoms with Crippen molar-refractivity contribution in [3.63, 3.8) is 0 Å². The van der Waals surface area contributed by atoms with E-state index in [1.54, 1.807) is 0 Å². The minimum Gasteiger partial charge on any atom is -0.395 e. The first-order valence-electron chi connectivity index (χ1n) is 7.15. The Bertz CT molecular complexity index is 375. The van der Waals surface area contributed by atoms with Gasteiger partial charge in [-0.15, -0.1) is 0 Å². The maximum absolute atomic E-state index is 9.17. The molecule has 2 rings (SSSR count). The fourth-order valence-corrected chi connectivity index (χ4v) is 3.02. The van der Waals surface area contributed by atoms with Crippen LogP contribution in [-0.4, -0.2) is 35.7 Å². The molecule has 1 aromatic carbocycles. The van der Waals surface area contributed by atoms with Gasteiger partial charge in [0.25, 0.3) is 0 Å². The summed E-state index contributed by atoms with van der Waals surface area (Å²) in [6, 6.07) is 9.37. The van der Waals surface area contributed by atoms with E-state index in [1.807, 2.05) is 0 Å². The second-order valence-electron chi connectivity index (χ2n) is 5.60. The first-order valence-corrected chi connectivity index (χ1v) is 7.15. The molecule has 2 heteroatoms. The maximum Gasteiger partial charge on any atom is 0.0558 e. The molecule has 0 amide bonds. The predicted octanol–water partition coefficient (Wildman–Crippen LogP) is 2.81. The van der Waals surface area contributed by atoms with E-state index in [0.29, 0.717) is 12.0 Å².